The lowest BCUT2D eigenvalue weighted by atomic mass is 10.2. The van der Waals surface area contributed by atoms with E-state index in [-0.39, 0.29) is 12.5 Å². The van der Waals surface area contributed by atoms with Crippen LogP contribution in [0.4, 0.5) is 5.69 Å². The number of halogens is 3. The van der Waals surface area contributed by atoms with Gasteiger partial charge in [0.15, 0.2) is 0 Å². The maximum absolute atomic E-state index is 11.9. The Bertz CT molecular complexity index is 699. The number of hydrogen-bond donors (Lipinski definition) is 2. The molecule has 0 unspecified atom stereocenters. The summed E-state index contributed by atoms with van der Waals surface area (Å²) in [4.78, 5) is 23.7. The van der Waals surface area contributed by atoms with E-state index in [1.54, 1.807) is 36.4 Å². The molecule has 22 heavy (non-hydrogen) atoms. The second-order valence-corrected chi connectivity index (χ2v) is 5.71. The van der Waals surface area contributed by atoms with E-state index in [4.69, 9.17) is 34.8 Å². The van der Waals surface area contributed by atoms with Gasteiger partial charge in [0, 0.05) is 26.3 Å². The van der Waals surface area contributed by atoms with Crippen molar-refractivity contribution in [1.29, 1.82) is 0 Å². The number of amides is 2. The van der Waals surface area contributed by atoms with Gasteiger partial charge in [-0.25, -0.2) is 0 Å². The van der Waals surface area contributed by atoms with Crippen LogP contribution in [0.2, 0.25) is 15.1 Å². The van der Waals surface area contributed by atoms with E-state index < -0.39 is 5.91 Å². The summed E-state index contributed by atoms with van der Waals surface area (Å²) in [5.74, 6) is -0.782. The van der Waals surface area contributed by atoms with Gasteiger partial charge in [-0.1, -0.05) is 40.9 Å². The normalized spacial score (nSPS) is 10.1. The monoisotopic (exact) mass is 356 g/mol. The van der Waals surface area contributed by atoms with Crippen LogP contribution in [0.1, 0.15) is 10.4 Å². The predicted octanol–water partition coefficient (Wildman–Crippen LogP) is 4.02. The standard InChI is InChI=1S/C15H11Cl3N2O2/c16-10-3-1-2-9(4-10)15(22)19-8-14(21)20-13-6-11(17)5-12(18)7-13/h1-7H,8H2,(H,19,22)(H,20,21). The van der Waals surface area contributed by atoms with Gasteiger partial charge in [-0.3, -0.25) is 9.59 Å². The molecule has 114 valence electrons. The molecule has 0 fully saturated rings. The lowest BCUT2D eigenvalue weighted by Crippen LogP contribution is -2.32. The summed E-state index contributed by atoms with van der Waals surface area (Å²) in [6, 6.07) is 11.1. The Morgan fingerprint density at radius 2 is 1.59 bits per heavy atom. The van der Waals surface area contributed by atoms with E-state index in [9.17, 15) is 9.59 Å². The fraction of sp³-hybridized carbons (Fsp3) is 0.0667. The number of benzene rings is 2. The average Bonchev–Trinajstić information content (AvgIpc) is 2.43. The quantitative estimate of drug-likeness (QED) is 0.868. The Morgan fingerprint density at radius 3 is 2.23 bits per heavy atom. The van der Waals surface area contributed by atoms with Gasteiger partial charge in [-0.15, -0.1) is 0 Å². The Morgan fingerprint density at radius 1 is 0.909 bits per heavy atom. The van der Waals surface area contributed by atoms with Gasteiger partial charge in [0.2, 0.25) is 5.91 Å². The first-order valence-corrected chi connectivity index (χ1v) is 7.37. The molecule has 0 aromatic heterocycles. The number of hydrogen-bond acceptors (Lipinski definition) is 2. The Hall–Kier alpha value is -1.75. The topological polar surface area (TPSA) is 58.2 Å². The molecule has 2 aromatic rings. The number of carbonyl (C=O) groups excluding carboxylic acids is 2. The molecule has 0 atom stereocenters. The van der Waals surface area contributed by atoms with Crippen molar-refractivity contribution < 1.29 is 9.59 Å². The zero-order chi connectivity index (χ0) is 16.1. The lowest BCUT2D eigenvalue weighted by molar-refractivity contribution is -0.115. The van der Waals surface area contributed by atoms with Crippen LogP contribution in [-0.4, -0.2) is 18.4 Å². The molecular formula is C15H11Cl3N2O2. The smallest absolute Gasteiger partial charge is 0.251 e. The summed E-state index contributed by atoms with van der Waals surface area (Å²) in [6.45, 7) is -0.185. The van der Waals surface area contributed by atoms with E-state index in [0.717, 1.165) is 0 Å². The molecule has 4 nitrogen and oxygen atoms in total. The molecule has 0 aliphatic carbocycles. The molecule has 2 aromatic carbocycles. The molecule has 0 radical (unpaired) electrons. The van der Waals surface area contributed by atoms with E-state index in [2.05, 4.69) is 10.6 Å². The van der Waals surface area contributed by atoms with E-state index in [0.29, 0.717) is 26.3 Å². The Balaban J connectivity index is 1.91. The predicted molar refractivity (Wildman–Crippen MR) is 88.9 cm³/mol. The van der Waals surface area contributed by atoms with Crippen molar-refractivity contribution in [2.75, 3.05) is 11.9 Å². The summed E-state index contributed by atoms with van der Waals surface area (Å²) in [5, 5.41) is 6.36. The van der Waals surface area contributed by atoms with Crippen molar-refractivity contribution in [2.24, 2.45) is 0 Å². The number of rotatable bonds is 4. The highest BCUT2D eigenvalue weighted by Gasteiger charge is 2.09. The van der Waals surface area contributed by atoms with Crippen molar-refractivity contribution in [2.45, 2.75) is 0 Å². The molecule has 2 amide bonds. The first kappa shape index (κ1) is 16.6. The van der Waals surface area contributed by atoms with Gasteiger partial charge < -0.3 is 10.6 Å². The fourth-order valence-electron chi connectivity index (χ4n) is 1.72. The molecule has 2 N–H and O–H groups in total. The zero-order valence-electron chi connectivity index (χ0n) is 11.2. The third kappa shape index (κ3) is 4.91. The van der Waals surface area contributed by atoms with Crippen LogP contribution in [0.5, 0.6) is 0 Å². The van der Waals surface area contributed by atoms with Crippen molar-refractivity contribution in [3.8, 4) is 0 Å². The summed E-state index contributed by atoms with van der Waals surface area (Å²) >= 11 is 17.5. The summed E-state index contributed by atoms with van der Waals surface area (Å²) < 4.78 is 0. The minimum absolute atomic E-state index is 0.185. The first-order chi connectivity index (χ1) is 10.4. The van der Waals surface area contributed by atoms with E-state index in [1.165, 1.54) is 6.07 Å². The van der Waals surface area contributed by atoms with Crippen LogP contribution < -0.4 is 10.6 Å². The summed E-state index contributed by atoms with van der Waals surface area (Å²) in [5.41, 5.74) is 0.839. The lowest BCUT2D eigenvalue weighted by Gasteiger charge is -2.08. The summed E-state index contributed by atoms with van der Waals surface area (Å²) in [6.07, 6.45) is 0. The van der Waals surface area contributed by atoms with Crippen molar-refractivity contribution in [3.05, 3.63) is 63.1 Å². The van der Waals surface area contributed by atoms with Crippen LogP contribution in [0.25, 0.3) is 0 Å². The van der Waals surface area contributed by atoms with Crippen LogP contribution >= 0.6 is 34.8 Å². The van der Waals surface area contributed by atoms with Gasteiger partial charge in [-0.2, -0.15) is 0 Å². The molecule has 0 aliphatic rings. The SMILES string of the molecule is O=C(CNC(=O)c1cccc(Cl)c1)Nc1cc(Cl)cc(Cl)c1. The molecule has 0 saturated carbocycles. The third-order valence-electron chi connectivity index (χ3n) is 2.64. The van der Waals surface area contributed by atoms with Crippen molar-refractivity contribution >= 4 is 52.3 Å². The van der Waals surface area contributed by atoms with Gasteiger partial charge in [-0.05, 0) is 36.4 Å². The first-order valence-electron chi connectivity index (χ1n) is 6.24. The number of anilines is 1. The second kappa shape index (κ2) is 7.49. The molecule has 2 rings (SSSR count). The minimum atomic E-state index is -0.395. The largest absolute Gasteiger partial charge is 0.343 e. The van der Waals surface area contributed by atoms with Gasteiger partial charge in [0.25, 0.3) is 5.91 Å². The van der Waals surface area contributed by atoms with Crippen LogP contribution in [0, 0.1) is 0 Å². The number of nitrogens with one attached hydrogen (secondary N) is 2. The maximum Gasteiger partial charge on any atom is 0.251 e. The van der Waals surface area contributed by atoms with Gasteiger partial charge >= 0.3 is 0 Å². The molecule has 7 heteroatoms. The number of carbonyl (C=O) groups is 2. The minimum Gasteiger partial charge on any atom is -0.343 e. The van der Waals surface area contributed by atoms with Crippen LogP contribution in [-0.2, 0) is 4.79 Å². The molecule has 0 bridgehead atoms. The second-order valence-electron chi connectivity index (χ2n) is 4.40. The van der Waals surface area contributed by atoms with E-state index >= 15 is 0 Å². The van der Waals surface area contributed by atoms with E-state index in [1.807, 2.05) is 0 Å². The molecule has 0 spiro atoms. The highest BCUT2D eigenvalue weighted by atomic mass is 35.5. The van der Waals surface area contributed by atoms with Crippen LogP contribution in [0.15, 0.2) is 42.5 Å². The van der Waals surface area contributed by atoms with Gasteiger partial charge in [0.05, 0.1) is 6.54 Å². The average molecular weight is 358 g/mol. The highest BCUT2D eigenvalue weighted by molar-refractivity contribution is 6.35. The molecule has 0 saturated heterocycles. The molecular weight excluding hydrogens is 347 g/mol. The molecule has 0 heterocycles. The third-order valence-corrected chi connectivity index (χ3v) is 3.31. The Labute approximate surface area is 142 Å². The van der Waals surface area contributed by atoms with Gasteiger partial charge in [0.1, 0.15) is 0 Å². The zero-order valence-corrected chi connectivity index (χ0v) is 13.5. The summed E-state index contributed by atoms with van der Waals surface area (Å²) in [7, 11) is 0. The van der Waals surface area contributed by atoms with Crippen LogP contribution in [0.3, 0.4) is 0 Å². The fourth-order valence-corrected chi connectivity index (χ4v) is 2.44. The Kier molecular flexibility index (Phi) is 5.66. The molecule has 0 aliphatic heterocycles. The van der Waals surface area contributed by atoms with Crippen molar-refractivity contribution in [1.82, 2.24) is 5.32 Å². The highest BCUT2D eigenvalue weighted by Crippen LogP contribution is 2.22. The maximum atomic E-state index is 11.9. The van der Waals surface area contributed by atoms with Crippen molar-refractivity contribution in [3.63, 3.8) is 0 Å².